The van der Waals surface area contributed by atoms with Gasteiger partial charge in [0.1, 0.15) is 5.52 Å². The fourth-order valence-corrected chi connectivity index (χ4v) is 2.20. The minimum atomic E-state index is -0.252. The molecule has 3 heterocycles. The van der Waals surface area contributed by atoms with Crippen molar-refractivity contribution < 1.29 is 4.79 Å². The molecule has 4 N–H and O–H groups in total. The Morgan fingerprint density at radius 3 is 3.32 bits per heavy atom. The maximum absolute atomic E-state index is 11.7. The number of aromatic nitrogens is 3. The van der Waals surface area contributed by atoms with Gasteiger partial charge in [0.25, 0.3) is 0 Å². The number of amides is 2. The Bertz CT molecular complexity index is 574. The van der Waals surface area contributed by atoms with Crippen LogP contribution in [0.2, 0.25) is 0 Å². The summed E-state index contributed by atoms with van der Waals surface area (Å²) in [6.07, 6.45) is 5.57. The van der Waals surface area contributed by atoms with Crippen LogP contribution in [-0.2, 0) is 0 Å². The standard InChI is InChI=1S/C12H16N6O/c19-12(16-6-8-2-1-4-13-8)18-10-7-15-11-9(17-10)3-5-14-11/h3,5,7-8,13H,1-2,4,6H2,(H,14,15)(H2,16,17,18,19). The number of nitrogens with one attached hydrogen (secondary N) is 4. The number of aromatic amines is 1. The number of anilines is 1. The zero-order valence-corrected chi connectivity index (χ0v) is 10.4. The molecule has 1 atom stereocenters. The molecule has 0 saturated carbocycles. The van der Waals surface area contributed by atoms with E-state index >= 15 is 0 Å². The Kier molecular flexibility index (Phi) is 3.28. The predicted octanol–water partition coefficient (Wildman–Crippen LogP) is 0.831. The summed E-state index contributed by atoms with van der Waals surface area (Å²) in [4.78, 5) is 23.1. The number of urea groups is 1. The molecule has 1 fully saturated rings. The van der Waals surface area contributed by atoms with Gasteiger partial charge in [-0.3, -0.25) is 5.32 Å². The fraction of sp³-hybridized carbons (Fsp3) is 0.417. The van der Waals surface area contributed by atoms with Crippen molar-refractivity contribution in [3.63, 3.8) is 0 Å². The minimum Gasteiger partial charge on any atom is -0.345 e. The number of hydrogen-bond donors (Lipinski definition) is 4. The van der Waals surface area contributed by atoms with Crippen LogP contribution < -0.4 is 16.0 Å². The molecule has 1 saturated heterocycles. The summed E-state index contributed by atoms with van der Waals surface area (Å²) in [5.74, 6) is 0.448. The first-order valence-electron chi connectivity index (χ1n) is 6.39. The van der Waals surface area contributed by atoms with Gasteiger partial charge >= 0.3 is 6.03 Å². The van der Waals surface area contributed by atoms with Crippen LogP contribution in [-0.4, -0.2) is 40.1 Å². The van der Waals surface area contributed by atoms with Crippen molar-refractivity contribution in [3.05, 3.63) is 18.5 Å². The normalized spacial score (nSPS) is 18.6. The Morgan fingerprint density at radius 1 is 1.53 bits per heavy atom. The third kappa shape index (κ3) is 2.82. The van der Waals surface area contributed by atoms with Gasteiger partial charge in [0.2, 0.25) is 0 Å². The Balaban J connectivity index is 1.55. The molecular formula is C12H16N6O. The number of fused-ring (bicyclic) bond motifs is 1. The van der Waals surface area contributed by atoms with E-state index in [0.29, 0.717) is 24.1 Å². The third-order valence-corrected chi connectivity index (χ3v) is 3.17. The molecule has 2 aromatic heterocycles. The van der Waals surface area contributed by atoms with Crippen LogP contribution in [0.5, 0.6) is 0 Å². The summed E-state index contributed by atoms with van der Waals surface area (Å²) in [5.41, 5.74) is 1.44. The van der Waals surface area contributed by atoms with E-state index in [-0.39, 0.29) is 6.03 Å². The van der Waals surface area contributed by atoms with Gasteiger partial charge in [-0.05, 0) is 25.5 Å². The van der Waals surface area contributed by atoms with Crippen LogP contribution in [0.1, 0.15) is 12.8 Å². The lowest BCUT2D eigenvalue weighted by molar-refractivity contribution is 0.251. The van der Waals surface area contributed by atoms with Crippen molar-refractivity contribution >= 4 is 23.0 Å². The first-order valence-corrected chi connectivity index (χ1v) is 6.39. The van der Waals surface area contributed by atoms with Gasteiger partial charge in [-0.25, -0.2) is 14.8 Å². The highest BCUT2D eigenvalue weighted by Gasteiger charge is 2.14. The molecular weight excluding hydrogens is 244 g/mol. The van der Waals surface area contributed by atoms with Gasteiger partial charge in [0, 0.05) is 18.8 Å². The number of carbonyl (C=O) groups excluding carboxylic acids is 1. The van der Waals surface area contributed by atoms with Gasteiger partial charge in [0.15, 0.2) is 11.5 Å². The molecule has 2 aromatic rings. The highest BCUT2D eigenvalue weighted by atomic mass is 16.2. The second kappa shape index (κ2) is 5.23. The first kappa shape index (κ1) is 11.9. The molecule has 7 nitrogen and oxygen atoms in total. The average molecular weight is 260 g/mol. The molecule has 0 aliphatic carbocycles. The van der Waals surface area contributed by atoms with Crippen molar-refractivity contribution in [1.29, 1.82) is 0 Å². The average Bonchev–Trinajstić information content (AvgIpc) is 3.07. The number of H-pyrrole nitrogens is 1. The summed E-state index contributed by atoms with van der Waals surface area (Å²) in [6, 6.07) is 1.94. The topological polar surface area (TPSA) is 94.7 Å². The van der Waals surface area contributed by atoms with Crippen LogP contribution in [0, 0.1) is 0 Å². The molecule has 3 rings (SSSR count). The third-order valence-electron chi connectivity index (χ3n) is 3.17. The van der Waals surface area contributed by atoms with Crippen LogP contribution in [0.4, 0.5) is 10.6 Å². The van der Waals surface area contributed by atoms with Crippen LogP contribution >= 0.6 is 0 Å². The van der Waals surface area contributed by atoms with Crippen LogP contribution in [0.3, 0.4) is 0 Å². The zero-order valence-electron chi connectivity index (χ0n) is 10.4. The molecule has 0 bridgehead atoms. The second-order valence-electron chi connectivity index (χ2n) is 4.60. The quantitative estimate of drug-likeness (QED) is 0.657. The summed E-state index contributed by atoms with van der Waals surface area (Å²) in [6.45, 7) is 1.66. The Labute approximate surface area is 110 Å². The van der Waals surface area contributed by atoms with Gasteiger partial charge < -0.3 is 15.6 Å². The van der Waals surface area contributed by atoms with Crippen molar-refractivity contribution in [1.82, 2.24) is 25.6 Å². The van der Waals surface area contributed by atoms with E-state index in [1.165, 1.54) is 12.6 Å². The largest absolute Gasteiger partial charge is 0.345 e. The van der Waals surface area contributed by atoms with Crippen molar-refractivity contribution in [2.75, 3.05) is 18.4 Å². The van der Waals surface area contributed by atoms with Gasteiger partial charge in [-0.2, -0.15) is 0 Å². The van der Waals surface area contributed by atoms with E-state index in [1.54, 1.807) is 6.20 Å². The Hall–Kier alpha value is -2.15. The lowest BCUT2D eigenvalue weighted by atomic mass is 10.2. The maximum atomic E-state index is 11.7. The molecule has 1 aliphatic rings. The number of carbonyl (C=O) groups is 1. The van der Waals surface area contributed by atoms with Crippen LogP contribution in [0.15, 0.2) is 18.5 Å². The molecule has 1 aliphatic heterocycles. The molecule has 0 aromatic carbocycles. The van der Waals surface area contributed by atoms with Crippen LogP contribution in [0.25, 0.3) is 11.2 Å². The summed E-state index contributed by atoms with van der Waals surface area (Å²) >= 11 is 0. The first-order chi connectivity index (χ1) is 9.31. The number of hydrogen-bond acceptors (Lipinski definition) is 4. The van der Waals surface area contributed by atoms with Gasteiger partial charge in [-0.1, -0.05) is 0 Å². The molecule has 100 valence electrons. The highest BCUT2D eigenvalue weighted by molar-refractivity contribution is 5.89. The van der Waals surface area contributed by atoms with E-state index < -0.39 is 0 Å². The van der Waals surface area contributed by atoms with Gasteiger partial charge in [-0.15, -0.1) is 0 Å². The van der Waals surface area contributed by atoms with E-state index in [9.17, 15) is 4.79 Å². The molecule has 0 radical (unpaired) electrons. The van der Waals surface area contributed by atoms with E-state index in [0.717, 1.165) is 18.5 Å². The fourth-order valence-electron chi connectivity index (χ4n) is 2.20. The van der Waals surface area contributed by atoms with Crippen molar-refractivity contribution in [3.8, 4) is 0 Å². The SMILES string of the molecule is O=C(NCC1CCCN1)Nc1cnc2[nH]ccc2n1. The van der Waals surface area contributed by atoms with E-state index in [4.69, 9.17) is 0 Å². The van der Waals surface area contributed by atoms with E-state index in [1.807, 2.05) is 6.07 Å². The predicted molar refractivity (Wildman–Crippen MR) is 71.9 cm³/mol. The van der Waals surface area contributed by atoms with E-state index in [2.05, 4.69) is 30.9 Å². The highest BCUT2D eigenvalue weighted by Crippen LogP contribution is 2.09. The zero-order chi connectivity index (χ0) is 13.1. The lowest BCUT2D eigenvalue weighted by Crippen LogP contribution is -2.39. The number of nitrogens with zero attached hydrogens (tertiary/aromatic N) is 2. The molecule has 19 heavy (non-hydrogen) atoms. The summed E-state index contributed by atoms with van der Waals surface area (Å²) < 4.78 is 0. The molecule has 7 heteroatoms. The lowest BCUT2D eigenvalue weighted by Gasteiger charge is -2.11. The Morgan fingerprint density at radius 2 is 2.47 bits per heavy atom. The monoisotopic (exact) mass is 260 g/mol. The van der Waals surface area contributed by atoms with Crippen molar-refractivity contribution in [2.24, 2.45) is 0 Å². The minimum absolute atomic E-state index is 0.252. The van der Waals surface area contributed by atoms with Crippen molar-refractivity contribution in [2.45, 2.75) is 18.9 Å². The molecule has 1 unspecified atom stereocenters. The maximum Gasteiger partial charge on any atom is 0.320 e. The molecule has 0 spiro atoms. The summed E-state index contributed by atoms with van der Waals surface area (Å²) in [7, 11) is 0. The molecule has 2 amide bonds. The van der Waals surface area contributed by atoms with Gasteiger partial charge in [0.05, 0.1) is 6.20 Å². The smallest absolute Gasteiger partial charge is 0.320 e. The number of rotatable bonds is 3. The second-order valence-corrected chi connectivity index (χ2v) is 4.60. The summed E-state index contributed by atoms with van der Waals surface area (Å²) in [5, 5.41) is 8.83.